The van der Waals surface area contributed by atoms with Gasteiger partial charge < -0.3 is 8.85 Å². The van der Waals surface area contributed by atoms with Crippen LogP contribution in [0.5, 0.6) is 0 Å². The monoisotopic (exact) mass is 282 g/mol. The molecule has 2 aliphatic rings. The molecule has 0 aromatic carbocycles. The fraction of sp³-hybridized carbons (Fsp3) is 0.714. The van der Waals surface area contributed by atoms with Crippen molar-refractivity contribution in [2.75, 3.05) is 0 Å². The van der Waals surface area contributed by atoms with Gasteiger partial charge in [0.25, 0.3) is 11.9 Å². The highest BCUT2D eigenvalue weighted by Crippen LogP contribution is 2.46. The Labute approximate surface area is 115 Å². The van der Waals surface area contributed by atoms with Crippen molar-refractivity contribution in [2.45, 2.75) is 45.7 Å². The number of carbonyl (C=O) groups is 2. The van der Waals surface area contributed by atoms with E-state index in [2.05, 4.69) is 12.2 Å². The minimum Gasteiger partial charge on any atom is -0.485 e. The van der Waals surface area contributed by atoms with E-state index < -0.39 is 8.56 Å². The van der Waals surface area contributed by atoms with E-state index >= 15 is 0 Å². The lowest BCUT2D eigenvalue weighted by molar-refractivity contribution is -0.138. The van der Waals surface area contributed by atoms with Crippen molar-refractivity contribution in [1.82, 2.24) is 0 Å². The van der Waals surface area contributed by atoms with Crippen LogP contribution in [0.3, 0.4) is 0 Å². The summed E-state index contributed by atoms with van der Waals surface area (Å²) in [6.07, 6.45) is 8.11. The molecule has 106 valence electrons. The van der Waals surface area contributed by atoms with Gasteiger partial charge in [0.05, 0.1) is 0 Å². The lowest BCUT2D eigenvalue weighted by Crippen LogP contribution is -2.42. The molecule has 3 unspecified atom stereocenters. The second-order valence-corrected chi connectivity index (χ2v) is 9.08. The highest BCUT2D eigenvalue weighted by atomic mass is 28.4. The van der Waals surface area contributed by atoms with E-state index in [0.29, 0.717) is 17.9 Å². The number of hydrogen-bond donors (Lipinski definition) is 0. The van der Waals surface area contributed by atoms with Crippen LogP contribution in [0.25, 0.3) is 0 Å². The predicted octanol–water partition coefficient (Wildman–Crippen LogP) is 2.79. The van der Waals surface area contributed by atoms with Gasteiger partial charge in [0, 0.05) is 26.4 Å². The van der Waals surface area contributed by atoms with Crippen molar-refractivity contribution in [3.05, 3.63) is 12.2 Å². The summed E-state index contributed by atoms with van der Waals surface area (Å²) in [4.78, 5) is 22.3. The molecule has 0 aromatic rings. The number of rotatable bonds is 5. The summed E-state index contributed by atoms with van der Waals surface area (Å²) in [5.41, 5.74) is 0. The molecule has 0 radical (unpaired) electrons. The van der Waals surface area contributed by atoms with Gasteiger partial charge in [0.2, 0.25) is 0 Å². The van der Waals surface area contributed by atoms with Gasteiger partial charge in [-0.05, 0) is 37.0 Å². The van der Waals surface area contributed by atoms with Gasteiger partial charge in [-0.3, -0.25) is 9.59 Å². The van der Waals surface area contributed by atoms with Gasteiger partial charge >= 0.3 is 8.56 Å². The molecule has 1 saturated carbocycles. The highest BCUT2D eigenvalue weighted by molar-refractivity contribution is 6.69. The fourth-order valence-electron chi connectivity index (χ4n) is 3.41. The summed E-state index contributed by atoms with van der Waals surface area (Å²) >= 11 is 0. The van der Waals surface area contributed by atoms with Gasteiger partial charge in [0.1, 0.15) is 0 Å². The van der Waals surface area contributed by atoms with Gasteiger partial charge in [-0.25, -0.2) is 0 Å². The van der Waals surface area contributed by atoms with Crippen LogP contribution in [0.4, 0.5) is 0 Å². The van der Waals surface area contributed by atoms with E-state index in [1.165, 1.54) is 26.7 Å². The fourth-order valence-corrected chi connectivity index (χ4v) is 5.76. The Morgan fingerprint density at radius 1 is 1.16 bits per heavy atom. The van der Waals surface area contributed by atoms with E-state index in [1.54, 1.807) is 6.55 Å². The molecule has 2 bridgehead atoms. The summed E-state index contributed by atoms with van der Waals surface area (Å²) in [6, 6.07) is 0.702. The molecule has 4 nitrogen and oxygen atoms in total. The first-order valence-corrected chi connectivity index (χ1v) is 9.48. The summed E-state index contributed by atoms with van der Waals surface area (Å²) in [7, 11) is -2.69. The van der Waals surface area contributed by atoms with Crippen LogP contribution in [0.2, 0.25) is 12.6 Å². The van der Waals surface area contributed by atoms with Crippen molar-refractivity contribution in [2.24, 2.45) is 17.8 Å². The molecular formula is C14H22O4Si. The Kier molecular flexibility index (Phi) is 4.13. The molecule has 5 heteroatoms. The van der Waals surface area contributed by atoms with Gasteiger partial charge in [0.15, 0.2) is 0 Å². The summed E-state index contributed by atoms with van der Waals surface area (Å²) in [5, 5.41) is 0. The number of hydrogen-bond acceptors (Lipinski definition) is 4. The second-order valence-electron chi connectivity index (χ2n) is 5.90. The molecule has 0 heterocycles. The summed E-state index contributed by atoms with van der Waals surface area (Å²) < 4.78 is 10.7. The zero-order chi connectivity index (χ0) is 14.0. The smallest absolute Gasteiger partial charge is 0.461 e. The molecule has 1 fully saturated rings. The van der Waals surface area contributed by atoms with Crippen LogP contribution >= 0.6 is 0 Å². The molecule has 3 atom stereocenters. The predicted molar refractivity (Wildman–Crippen MR) is 73.4 cm³/mol. The maximum absolute atomic E-state index is 11.2. The third-order valence-corrected chi connectivity index (χ3v) is 6.74. The lowest BCUT2D eigenvalue weighted by Gasteiger charge is -2.27. The first-order chi connectivity index (χ1) is 8.88. The zero-order valence-electron chi connectivity index (χ0n) is 11.8. The Hall–Kier alpha value is -1.10. The van der Waals surface area contributed by atoms with E-state index in [4.69, 9.17) is 8.85 Å². The second kappa shape index (κ2) is 5.49. The van der Waals surface area contributed by atoms with Gasteiger partial charge in [-0.2, -0.15) is 0 Å². The highest BCUT2D eigenvalue weighted by Gasteiger charge is 2.42. The number of carbonyl (C=O) groups excluding carboxylic acids is 2. The average Bonchev–Trinajstić information content (AvgIpc) is 2.85. The molecular weight excluding hydrogens is 260 g/mol. The maximum atomic E-state index is 11.2. The van der Waals surface area contributed by atoms with E-state index in [9.17, 15) is 9.59 Å². The molecule has 19 heavy (non-hydrogen) atoms. The van der Waals surface area contributed by atoms with Crippen LogP contribution in [-0.2, 0) is 18.4 Å². The molecule has 0 N–H and O–H groups in total. The Balaban J connectivity index is 1.90. The average molecular weight is 282 g/mol. The third kappa shape index (κ3) is 3.69. The Morgan fingerprint density at radius 3 is 2.21 bits per heavy atom. The summed E-state index contributed by atoms with van der Waals surface area (Å²) in [6.45, 7) is 4.54. The minimum atomic E-state index is -2.69. The van der Waals surface area contributed by atoms with E-state index in [-0.39, 0.29) is 11.9 Å². The Morgan fingerprint density at radius 2 is 1.79 bits per heavy atom. The van der Waals surface area contributed by atoms with Crippen LogP contribution in [-0.4, -0.2) is 20.5 Å². The molecule has 0 spiro atoms. The van der Waals surface area contributed by atoms with Crippen LogP contribution in [0, 0.1) is 17.8 Å². The maximum Gasteiger partial charge on any atom is 0.461 e. The standard InChI is InChI=1S/C14H22O4Si/c1-10(15)17-19(3,18-11(2)16)7-6-14-9-12-4-5-13(14)8-12/h4-5,12-14H,6-9H2,1-3H3. The van der Waals surface area contributed by atoms with Crippen molar-refractivity contribution in [3.8, 4) is 0 Å². The van der Waals surface area contributed by atoms with E-state index in [0.717, 1.165) is 12.3 Å². The van der Waals surface area contributed by atoms with Crippen molar-refractivity contribution < 1.29 is 18.4 Å². The van der Waals surface area contributed by atoms with Crippen LogP contribution in [0.15, 0.2) is 12.2 Å². The largest absolute Gasteiger partial charge is 0.485 e. The normalized spacial score (nSPS) is 28.5. The van der Waals surface area contributed by atoms with Crippen LogP contribution in [0.1, 0.15) is 33.1 Å². The molecule has 2 rings (SSSR count). The van der Waals surface area contributed by atoms with E-state index in [1.807, 2.05) is 0 Å². The first kappa shape index (κ1) is 14.3. The Bertz CT molecular complexity index is 388. The van der Waals surface area contributed by atoms with Crippen molar-refractivity contribution >= 4 is 20.5 Å². The van der Waals surface area contributed by atoms with Crippen molar-refractivity contribution in [3.63, 3.8) is 0 Å². The van der Waals surface area contributed by atoms with Crippen LogP contribution < -0.4 is 0 Å². The molecule has 0 aromatic heterocycles. The third-order valence-electron chi connectivity index (χ3n) is 4.10. The first-order valence-electron chi connectivity index (χ1n) is 6.95. The quantitative estimate of drug-likeness (QED) is 0.575. The molecule has 0 aliphatic heterocycles. The number of allylic oxidation sites excluding steroid dienone is 2. The SMILES string of the molecule is CC(=O)O[Si](C)(CCC1CC2C=CC1C2)OC(C)=O. The zero-order valence-corrected chi connectivity index (χ0v) is 12.8. The minimum absolute atomic E-state index is 0.358. The van der Waals surface area contributed by atoms with Gasteiger partial charge in [-0.1, -0.05) is 12.2 Å². The molecule has 2 aliphatic carbocycles. The number of fused-ring (bicyclic) bond motifs is 2. The lowest BCUT2D eigenvalue weighted by atomic mass is 9.91. The molecule has 0 amide bonds. The molecule has 0 saturated heterocycles. The van der Waals surface area contributed by atoms with Gasteiger partial charge in [-0.15, -0.1) is 0 Å². The van der Waals surface area contributed by atoms with Crippen molar-refractivity contribution in [1.29, 1.82) is 0 Å². The topological polar surface area (TPSA) is 52.6 Å². The summed E-state index contributed by atoms with van der Waals surface area (Å²) in [5.74, 6) is 1.36.